The molecular formula is C13H17Cl2N. The SMILES string of the molecule is CCCNC1CC(c2ccc(Cl)cc2Cl)C1. The summed E-state index contributed by atoms with van der Waals surface area (Å²) in [7, 11) is 0. The first kappa shape index (κ1) is 12.2. The maximum Gasteiger partial charge on any atom is 0.0455 e. The van der Waals surface area contributed by atoms with Crippen LogP contribution in [0, 0.1) is 0 Å². The molecule has 0 aromatic heterocycles. The van der Waals surface area contributed by atoms with E-state index in [9.17, 15) is 0 Å². The number of benzene rings is 1. The molecule has 1 aliphatic rings. The van der Waals surface area contributed by atoms with Crippen molar-refractivity contribution in [3.8, 4) is 0 Å². The Kier molecular flexibility index (Phi) is 4.12. The monoisotopic (exact) mass is 257 g/mol. The number of rotatable bonds is 4. The molecule has 0 unspecified atom stereocenters. The molecule has 0 saturated heterocycles. The lowest BCUT2D eigenvalue weighted by atomic mass is 9.76. The second kappa shape index (κ2) is 5.39. The van der Waals surface area contributed by atoms with Gasteiger partial charge in [-0.2, -0.15) is 0 Å². The fourth-order valence-electron chi connectivity index (χ4n) is 2.22. The van der Waals surface area contributed by atoms with E-state index in [2.05, 4.69) is 18.3 Å². The maximum atomic E-state index is 6.18. The van der Waals surface area contributed by atoms with E-state index in [4.69, 9.17) is 23.2 Å². The maximum absolute atomic E-state index is 6.18. The van der Waals surface area contributed by atoms with Gasteiger partial charge in [-0.3, -0.25) is 0 Å². The van der Waals surface area contributed by atoms with Gasteiger partial charge in [-0.25, -0.2) is 0 Å². The fraction of sp³-hybridized carbons (Fsp3) is 0.538. The highest BCUT2D eigenvalue weighted by Crippen LogP contribution is 2.40. The largest absolute Gasteiger partial charge is 0.314 e. The molecule has 1 fully saturated rings. The van der Waals surface area contributed by atoms with E-state index in [0.717, 1.165) is 11.6 Å². The zero-order valence-corrected chi connectivity index (χ0v) is 11.0. The van der Waals surface area contributed by atoms with E-state index in [0.29, 0.717) is 17.0 Å². The molecule has 2 rings (SSSR count). The van der Waals surface area contributed by atoms with E-state index in [1.54, 1.807) is 0 Å². The summed E-state index contributed by atoms with van der Waals surface area (Å²) in [5.41, 5.74) is 1.25. The lowest BCUT2D eigenvalue weighted by Crippen LogP contribution is -2.40. The molecule has 1 N–H and O–H groups in total. The molecular weight excluding hydrogens is 241 g/mol. The summed E-state index contributed by atoms with van der Waals surface area (Å²) in [5, 5.41) is 5.06. The van der Waals surface area contributed by atoms with Gasteiger partial charge in [0.25, 0.3) is 0 Å². The van der Waals surface area contributed by atoms with Gasteiger partial charge in [-0.05, 0) is 49.4 Å². The van der Waals surface area contributed by atoms with Crippen LogP contribution in [0.15, 0.2) is 18.2 Å². The summed E-state index contributed by atoms with van der Waals surface area (Å²) in [6, 6.07) is 6.50. The highest BCUT2D eigenvalue weighted by molar-refractivity contribution is 6.35. The van der Waals surface area contributed by atoms with Gasteiger partial charge in [-0.1, -0.05) is 36.2 Å². The van der Waals surface area contributed by atoms with Crippen molar-refractivity contribution in [2.75, 3.05) is 6.54 Å². The summed E-state index contributed by atoms with van der Waals surface area (Å²) in [4.78, 5) is 0. The number of nitrogens with one attached hydrogen (secondary N) is 1. The Balaban J connectivity index is 1.91. The lowest BCUT2D eigenvalue weighted by Gasteiger charge is -2.36. The van der Waals surface area contributed by atoms with Crippen LogP contribution in [0.1, 0.15) is 37.7 Å². The molecule has 1 saturated carbocycles. The molecule has 0 atom stereocenters. The van der Waals surface area contributed by atoms with Crippen LogP contribution in [0.3, 0.4) is 0 Å². The molecule has 0 bridgehead atoms. The summed E-state index contributed by atoms with van der Waals surface area (Å²) in [5.74, 6) is 0.610. The van der Waals surface area contributed by atoms with Crippen LogP contribution in [0.25, 0.3) is 0 Å². The summed E-state index contributed by atoms with van der Waals surface area (Å²) < 4.78 is 0. The van der Waals surface area contributed by atoms with Crippen LogP contribution in [-0.2, 0) is 0 Å². The average Bonchev–Trinajstić information content (AvgIpc) is 2.18. The molecule has 0 spiro atoms. The van der Waals surface area contributed by atoms with Gasteiger partial charge < -0.3 is 5.32 Å². The summed E-state index contributed by atoms with van der Waals surface area (Å²) >= 11 is 12.1. The van der Waals surface area contributed by atoms with Crippen molar-refractivity contribution in [1.29, 1.82) is 0 Å². The molecule has 88 valence electrons. The molecule has 0 aliphatic heterocycles. The van der Waals surface area contributed by atoms with Gasteiger partial charge in [0.05, 0.1) is 0 Å². The zero-order chi connectivity index (χ0) is 11.5. The Morgan fingerprint density at radius 1 is 1.31 bits per heavy atom. The van der Waals surface area contributed by atoms with Crippen LogP contribution in [-0.4, -0.2) is 12.6 Å². The molecule has 1 aliphatic carbocycles. The van der Waals surface area contributed by atoms with Gasteiger partial charge in [-0.15, -0.1) is 0 Å². The summed E-state index contributed by atoms with van der Waals surface area (Å²) in [6.45, 7) is 3.31. The minimum absolute atomic E-state index is 0.610. The Morgan fingerprint density at radius 2 is 2.06 bits per heavy atom. The molecule has 1 nitrogen and oxygen atoms in total. The van der Waals surface area contributed by atoms with E-state index >= 15 is 0 Å². The first-order valence-corrected chi connectivity index (χ1v) is 6.64. The van der Waals surface area contributed by atoms with Crippen LogP contribution in [0.2, 0.25) is 10.0 Å². The first-order chi connectivity index (χ1) is 7.70. The average molecular weight is 258 g/mol. The lowest BCUT2D eigenvalue weighted by molar-refractivity contribution is 0.292. The Bertz CT molecular complexity index is 359. The topological polar surface area (TPSA) is 12.0 Å². The quantitative estimate of drug-likeness (QED) is 0.851. The van der Waals surface area contributed by atoms with E-state index in [-0.39, 0.29) is 0 Å². The van der Waals surface area contributed by atoms with Crippen molar-refractivity contribution in [2.24, 2.45) is 0 Å². The van der Waals surface area contributed by atoms with Gasteiger partial charge in [0.15, 0.2) is 0 Å². The second-order valence-corrected chi connectivity index (χ2v) is 5.33. The highest BCUT2D eigenvalue weighted by atomic mass is 35.5. The molecule has 16 heavy (non-hydrogen) atoms. The standard InChI is InChI=1S/C13H17Cl2N/c1-2-5-16-11-6-9(7-11)12-4-3-10(14)8-13(12)15/h3-4,8-9,11,16H,2,5-7H2,1H3. The van der Waals surface area contributed by atoms with E-state index < -0.39 is 0 Å². The molecule has 1 aromatic rings. The van der Waals surface area contributed by atoms with Crippen LogP contribution >= 0.6 is 23.2 Å². The molecule has 0 radical (unpaired) electrons. The van der Waals surface area contributed by atoms with Crippen molar-refractivity contribution in [1.82, 2.24) is 5.32 Å². The predicted octanol–water partition coefficient (Wildman–Crippen LogP) is 4.24. The second-order valence-electron chi connectivity index (χ2n) is 4.49. The van der Waals surface area contributed by atoms with Crippen LogP contribution in [0.5, 0.6) is 0 Å². The van der Waals surface area contributed by atoms with Crippen molar-refractivity contribution in [3.05, 3.63) is 33.8 Å². The van der Waals surface area contributed by atoms with Gasteiger partial charge in [0.2, 0.25) is 0 Å². The minimum Gasteiger partial charge on any atom is -0.314 e. The third-order valence-corrected chi connectivity index (χ3v) is 3.79. The number of halogens is 2. The Labute approximate surface area is 107 Å². The Morgan fingerprint density at radius 3 is 2.69 bits per heavy atom. The van der Waals surface area contributed by atoms with Crippen molar-refractivity contribution in [2.45, 2.75) is 38.1 Å². The third-order valence-electron chi connectivity index (χ3n) is 3.22. The smallest absolute Gasteiger partial charge is 0.0455 e. The van der Waals surface area contributed by atoms with Crippen LogP contribution < -0.4 is 5.32 Å². The number of hydrogen-bond donors (Lipinski definition) is 1. The van der Waals surface area contributed by atoms with Gasteiger partial charge in [0, 0.05) is 16.1 Å². The van der Waals surface area contributed by atoms with E-state index in [1.807, 2.05) is 12.1 Å². The third kappa shape index (κ3) is 2.71. The zero-order valence-electron chi connectivity index (χ0n) is 9.47. The molecule has 0 amide bonds. The first-order valence-electron chi connectivity index (χ1n) is 5.89. The normalized spacial score (nSPS) is 24.2. The molecule has 3 heteroatoms. The number of hydrogen-bond acceptors (Lipinski definition) is 1. The van der Waals surface area contributed by atoms with Crippen molar-refractivity contribution >= 4 is 23.2 Å². The summed E-state index contributed by atoms with van der Waals surface area (Å²) in [6.07, 6.45) is 3.59. The minimum atomic E-state index is 0.610. The van der Waals surface area contributed by atoms with E-state index in [1.165, 1.54) is 24.8 Å². The van der Waals surface area contributed by atoms with Gasteiger partial charge in [0.1, 0.15) is 0 Å². The molecule has 0 heterocycles. The van der Waals surface area contributed by atoms with Crippen molar-refractivity contribution < 1.29 is 0 Å². The fourth-order valence-corrected chi connectivity index (χ4v) is 2.78. The van der Waals surface area contributed by atoms with Gasteiger partial charge >= 0.3 is 0 Å². The van der Waals surface area contributed by atoms with Crippen molar-refractivity contribution in [3.63, 3.8) is 0 Å². The predicted molar refractivity (Wildman–Crippen MR) is 70.5 cm³/mol. The van der Waals surface area contributed by atoms with Crippen LogP contribution in [0.4, 0.5) is 0 Å². The Hall–Kier alpha value is -0.240. The molecule has 1 aromatic carbocycles. The highest BCUT2D eigenvalue weighted by Gasteiger charge is 2.30.